The van der Waals surface area contributed by atoms with Crippen LogP contribution < -0.4 is 4.90 Å². The van der Waals surface area contributed by atoms with Crippen LogP contribution in [0.15, 0.2) is 36.9 Å². The lowest BCUT2D eigenvalue weighted by Crippen LogP contribution is -2.41. The third-order valence-corrected chi connectivity index (χ3v) is 4.66. The van der Waals surface area contributed by atoms with Crippen LogP contribution in [-0.4, -0.2) is 32.5 Å². The average molecular weight is 318 g/mol. The van der Waals surface area contributed by atoms with E-state index in [-0.39, 0.29) is 0 Å². The van der Waals surface area contributed by atoms with Crippen LogP contribution in [-0.2, 0) is 6.42 Å². The number of piperidine rings is 1. The minimum atomic E-state index is 0.396. The minimum Gasteiger partial charge on any atom is -0.351 e. The zero-order chi connectivity index (χ0) is 16.4. The van der Waals surface area contributed by atoms with Crippen LogP contribution in [0.4, 0.5) is 5.82 Å². The number of fused-ring (bicyclic) bond motifs is 1. The third-order valence-electron chi connectivity index (χ3n) is 4.66. The fourth-order valence-electron chi connectivity index (χ4n) is 3.45. The number of imidazole rings is 1. The summed E-state index contributed by atoms with van der Waals surface area (Å²) in [6.45, 7) is 0.992. The first-order chi connectivity index (χ1) is 11.8. The Balaban J connectivity index is 1.63. The zero-order valence-corrected chi connectivity index (χ0v) is 13.3. The van der Waals surface area contributed by atoms with Gasteiger partial charge in [-0.25, -0.2) is 15.0 Å². The fourth-order valence-corrected chi connectivity index (χ4v) is 3.45. The Morgan fingerprint density at radius 3 is 2.88 bits per heavy atom. The van der Waals surface area contributed by atoms with Gasteiger partial charge in [-0.05, 0) is 43.4 Å². The number of benzene rings is 1. The molecule has 1 N–H and O–H groups in total. The van der Waals surface area contributed by atoms with Crippen LogP contribution in [0.25, 0.3) is 11.2 Å². The van der Waals surface area contributed by atoms with Crippen molar-refractivity contribution in [2.45, 2.75) is 31.7 Å². The van der Waals surface area contributed by atoms with Gasteiger partial charge in [0.2, 0.25) is 0 Å². The molecule has 24 heavy (non-hydrogen) atoms. The van der Waals surface area contributed by atoms with E-state index in [1.807, 2.05) is 12.1 Å². The number of aromatic amines is 1. The molecule has 0 saturated carbocycles. The van der Waals surface area contributed by atoms with Crippen molar-refractivity contribution in [3.63, 3.8) is 0 Å². The number of hydrogen-bond acceptors (Lipinski definition) is 5. The highest BCUT2D eigenvalue weighted by Gasteiger charge is 2.26. The van der Waals surface area contributed by atoms with Gasteiger partial charge >= 0.3 is 0 Å². The predicted molar refractivity (Wildman–Crippen MR) is 91.5 cm³/mol. The highest BCUT2D eigenvalue weighted by atomic mass is 15.2. The Morgan fingerprint density at radius 1 is 1.17 bits per heavy atom. The monoisotopic (exact) mass is 318 g/mol. The molecule has 2 aromatic heterocycles. The molecular weight excluding hydrogens is 300 g/mol. The summed E-state index contributed by atoms with van der Waals surface area (Å²) in [6, 6.07) is 10.5. The van der Waals surface area contributed by atoms with Crippen molar-refractivity contribution in [1.29, 1.82) is 5.26 Å². The molecule has 1 aromatic carbocycles. The van der Waals surface area contributed by atoms with Gasteiger partial charge in [-0.2, -0.15) is 5.26 Å². The highest BCUT2D eigenvalue weighted by molar-refractivity contribution is 5.82. The molecule has 3 heterocycles. The molecule has 1 fully saturated rings. The van der Waals surface area contributed by atoms with Gasteiger partial charge < -0.3 is 9.88 Å². The second-order valence-electron chi connectivity index (χ2n) is 6.15. The second kappa shape index (κ2) is 6.28. The van der Waals surface area contributed by atoms with Gasteiger partial charge in [-0.15, -0.1) is 0 Å². The first kappa shape index (κ1) is 14.6. The molecule has 0 aliphatic carbocycles. The van der Waals surface area contributed by atoms with Gasteiger partial charge in [0, 0.05) is 12.6 Å². The highest BCUT2D eigenvalue weighted by Crippen LogP contribution is 2.29. The molecule has 6 heteroatoms. The number of nitrogens with one attached hydrogen (secondary N) is 1. The molecule has 6 nitrogen and oxygen atoms in total. The van der Waals surface area contributed by atoms with Crippen molar-refractivity contribution in [2.24, 2.45) is 0 Å². The summed E-state index contributed by atoms with van der Waals surface area (Å²) in [7, 11) is 0. The van der Waals surface area contributed by atoms with E-state index in [2.05, 4.69) is 43.0 Å². The number of aromatic nitrogens is 4. The van der Waals surface area contributed by atoms with Gasteiger partial charge in [0.15, 0.2) is 11.5 Å². The molecule has 0 amide bonds. The van der Waals surface area contributed by atoms with Gasteiger partial charge in [0.25, 0.3) is 0 Å². The quantitative estimate of drug-likeness (QED) is 0.803. The van der Waals surface area contributed by atoms with E-state index in [9.17, 15) is 0 Å². The molecule has 1 atom stereocenters. The standard InChI is InChI=1S/C18H18N6/c19-10-14-6-4-13(5-7-14)9-15-3-1-2-8-24(15)18-16-17(21-11-20-16)22-12-23-18/h4-7,11-12,15H,1-3,8-9H2,(H,20,21,22,23). The van der Waals surface area contributed by atoms with Crippen LogP contribution in [0, 0.1) is 11.3 Å². The van der Waals surface area contributed by atoms with Crippen molar-refractivity contribution >= 4 is 17.0 Å². The summed E-state index contributed by atoms with van der Waals surface area (Å²) in [5, 5.41) is 8.94. The largest absolute Gasteiger partial charge is 0.351 e. The smallest absolute Gasteiger partial charge is 0.182 e. The Labute approximate surface area is 140 Å². The number of nitriles is 1. The molecule has 1 aliphatic rings. The Bertz CT molecular complexity index is 876. The molecule has 0 spiro atoms. The summed E-state index contributed by atoms with van der Waals surface area (Å²) >= 11 is 0. The SMILES string of the molecule is N#Cc1ccc(CC2CCCCN2c2ncnc3nc[nH]c23)cc1. The first-order valence-corrected chi connectivity index (χ1v) is 8.25. The normalized spacial score (nSPS) is 17.8. The van der Waals surface area contributed by atoms with Crippen LogP contribution in [0.1, 0.15) is 30.4 Å². The van der Waals surface area contributed by atoms with Gasteiger partial charge in [-0.1, -0.05) is 12.1 Å². The van der Waals surface area contributed by atoms with Crippen molar-refractivity contribution < 1.29 is 0 Å². The zero-order valence-electron chi connectivity index (χ0n) is 13.3. The predicted octanol–water partition coefficient (Wildman–Crippen LogP) is 2.83. The lowest BCUT2D eigenvalue weighted by molar-refractivity contribution is 0.454. The van der Waals surface area contributed by atoms with E-state index in [1.165, 1.54) is 18.4 Å². The summed E-state index contributed by atoms with van der Waals surface area (Å²) in [5.41, 5.74) is 3.57. The van der Waals surface area contributed by atoms with Gasteiger partial charge in [0.1, 0.15) is 11.8 Å². The van der Waals surface area contributed by atoms with Crippen molar-refractivity contribution in [3.8, 4) is 6.07 Å². The van der Waals surface area contributed by atoms with E-state index in [1.54, 1.807) is 12.7 Å². The Hall–Kier alpha value is -2.94. The van der Waals surface area contributed by atoms with Crippen LogP contribution in [0.5, 0.6) is 0 Å². The first-order valence-electron chi connectivity index (χ1n) is 8.25. The van der Waals surface area contributed by atoms with E-state index in [0.717, 1.165) is 30.7 Å². The number of H-pyrrole nitrogens is 1. The molecule has 0 bridgehead atoms. The molecular formula is C18H18N6. The number of nitrogens with zero attached hydrogens (tertiary/aromatic N) is 5. The van der Waals surface area contributed by atoms with Crippen LogP contribution in [0.2, 0.25) is 0 Å². The number of anilines is 1. The molecule has 120 valence electrons. The molecule has 1 saturated heterocycles. The molecule has 4 rings (SSSR count). The summed E-state index contributed by atoms with van der Waals surface area (Å²) in [4.78, 5) is 18.5. The molecule has 0 radical (unpaired) electrons. The third kappa shape index (κ3) is 2.69. The molecule has 1 unspecified atom stereocenters. The maximum atomic E-state index is 8.94. The van der Waals surface area contributed by atoms with Crippen LogP contribution in [0.3, 0.4) is 0 Å². The van der Waals surface area contributed by atoms with E-state index in [4.69, 9.17) is 5.26 Å². The van der Waals surface area contributed by atoms with Gasteiger partial charge in [-0.3, -0.25) is 0 Å². The summed E-state index contributed by atoms with van der Waals surface area (Å²) in [5.74, 6) is 0.941. The second-order valence-corrected chi connectivity index (χ2v) is 6.15. The van der Waals surface area contributed by atoms with E-state index >= 15 is 0 Å². The maximum absolute atomic E-state index is 8.94. The van der Waals surface area contributed by atoms with Crippen molar-refractivity contribution in [3.05, 3.63) is 48.0 Å². The van der Waals surface area contributed by atoms with E-state index < -0.39 is 0 Å². The Kier molecular flexibility index (Phi) is 3.83. The topological polar surface area (TPSA) is 81.5 Å². The fraction of sp³-hybridized carbons (Fsp3) is 0.333. The lowest BCUT2D eigenvalue weighted by atomic mass is 9.95. The summed E-state index contributed by atoms with van der Waals surface area (Å²) < 4.78 is 0. The number of hydrogen-bond donors (Lipinski definition) is 1. The van der Waals surface area contributed by atoms with Crippen molar-refractivity contribution in [1.82, 2.24) is 19.9 Å². The minimum absolute atomic E-state index is 0.396. The molecule has 3 aromatic rings. The van der Waals surface area contributed by atoms with Crippen molar-refractivity contribution in [2.75, 3.05) is 11.4 Å². The average Bonchev–Trinajstić information content (AvgIpc) is 3.12. The van der Waals surface area contributed by atoms with E-state index in [0.29, 0.717) is 17.3 Å². The lowest BCUT2D eigenvalue weighted by Gasteiger charge is -2.37. The maximum Gasteiger partial charge on any atom is 0.182 e. The van der Waals surface area contributed by atoms with Gasteiger partial charge in [0.05, 0.1) is 18.0 Å². The number of rotatable bonds is 3. The summed E-state index contributed by atoms with van der Waals surface area (Å²) in [6.07, 6.45) is 7.75. The van der Waals surface area contributed by atoms with Crippen LogP contribution >= 0.6 is 0 Å². The molecule has 1 aliphatic heterocycles. The Morgan fingerprint density at radius 2 is 2.04 bits per heavy atom.